The van der Waals surface area contributed by atoms with E-state index in [1.807, 2.05) is 0 Å². The molecule has 0 aliphatic carbocycles. The Bertz CT molecular complexity index is 27.3. The van der Waals surface area contributed by atoms with Crippen molar-refractivity contribution in [3.8, 4) is 0 Å². The fraction of sp³-hybridized carbons (Fsp3) is 1.00. The Morgan fingerprint density at radius 1 is 1.57 bits per heavy atom. The second-order valence-electron chi connectivity index (χ2n) is 1.34. The molecule has 0 N–H and O–H groups in total. The maximum absolute atomic E-state index is 2.38. The van der Waals surface area contributed by atoms with E-state index in [4.69, 9.17) is 0 Å². The molecule has 0 saturated carbocycles. The van der Waals surface area contributed by atoms with Gasteiger partial charge in [-0.1, -0.05) is 0 Å². The molecule has 0 unspecified atom stereocenters. The van der Waals surface area contributed by atoms with Crippen LogP contribution in [0.3, 0.4) is 0 Å². The predicted molar refractivity (Wildman–Crippen MR) is 37.5 cm³/mol. The first-order valence-corrected chi connectivity index (χ1v) is 9.30. The second-order valence-corrected chi connectivity index (χ2v) is 6.22. The van der Waals surface area contributed by atoms with Crippen LogP contribution in [0.5, 0.6) is 0 Å². The van der Waals surface area contributed by atoms with Gasteiger partial charge >= 0.3 is 62.9 Å². The van der Waals surface area contributed by atoms with Gasteiger partial charge in [-0.2, -0.15) is 0 Å². The van der Waals surface area contributed by atoms with Crippen molar-refractivity contribution in [3.05, 3.63) is 0 Å². The Morgan fingerprint density at radius 2 is 2.29 bits per heavy atom. The van der Waals surface area contributed by atoms with Gasteiger partial charge in [0.25, 0.3) is 0 Å². The van der Waals surface area contributed by atoms with E-state index in [-0.39, 0.29) is 0 Å². The molecule has 0 bridgehead atoms. The second kappa shape index (κ2) is 7.31. The van der Waals surface area contributed by atoms with E-state index < -0.39 is 0 Å². The third-order valence-electron chi connectivity index (χ3n) is 0.697. The van der Waals surface area contributed by atoms with E-state index in [1.54, 1.807) is 4.47 Å². The Morgan fingerprint density at radius 3 is 2.71 bits per heavy atom. The van der Waals surface area contributed by atoms with E-state index in [0.29, 0.717) is 20.9 Å². The van der Waals surface area contributed by atoms with Gasteiger partial charge < -0.3 is 0 Å². The Balaban J connectivity index is 2.45. The maximum atomic E-state index is 2.38. The van der Waals surface area contributed by atoms with Crippen molar-refractivity contribution in [1.29, 1.82) is 0 Å². The summed E-state index contributed by atoms with van der Waals surface area (Å²) >= 11 is 1.41. The zero-order chi connectivity index (χ0) is 5.54. The van der Waals surface area contributed by atoms with Crippen molar-refractivity contribution in [2.75, 3.05) is 0 Å². The molecule has 0 fully saturated rings. The van der Waals surface area contributed by atoms with Gasteiger partial charge in [0.15, 0.2) is 0 Å². The van der Waals surface area contributed by atoms with Crippen LogP contribution in [0.15, 0.2) is 0 Å². The third-order valence-corrected chi connectivity index (χ3v) is 4.15. The minimum absolute atomic E-state index is 0.466. The van der Waals surface area contributed by atoms with E-state index in [9.17, 15) is 0 Å². The minimum atomic E-state index is 0.466. The Kier molecular flexibility index (Phi) is 8.68. The SMILES string of the molecule is C[Se]CCC[Te]C. The van der Waals surface area contributed by atoms with Crippen LogP contribution in [-0.4, -0.2) is 35.9 Å². The molecule has 0 spiro atoms. The van der Waals surface area contributed by atoms with Gasteiger partial charge in [0.05, 0.1) is 0 Å². The van der Waals surface area contributed by atoms with Crippen LogP contribution in [0.25, 0.3) is 0 Å². The van der Waals surface area contributed by atoms with Crippen LogP contribution in [0.4, 0.5) is 0 Å². The zero-order valence-corrected chi connectivity index (χ0v) is 8.98. The zero-order valence-electron chi connectivity index (χ0n) is 4.94. The average molecular weight is 279 g/mol. The molecule has 0 rings (SSSR count). The molecule has 0 aromatic carbocycles. The van der Waals surface area contributed by atoms with Gasteiger partial charge in [0.2, 0.25) is 0 Å². The van der Waals surface area contributed by atoms with Crippen LogP contribution < -0.4 is 0 Å². The number of rotatable bonds is 4. The van der Waals surface area contributed by atoms with Crippen molar-refractivity contribution in [3.63, 3.8) is 0 Å². The van der Waals surface area contributed by atoms with Crippen molar-refractivity contribution >= 4 is 35.9 Å². The van der Waals surface area contributed by atoms with Gasteiger partial charge in [-0.15, -0.1) is 0 Å². The first-order chi connectivity index (χ1) is 3.41. The van der Waals surface area contributed by atoms with Gasteiger partial charge in [-0.05, 0) is 0 Å². The molecule has 2 heteroatoms. The van der Waals surface area contributed by atoms with E-state index in [1.165, 1.54) is 11.7 Å². The van der Waals surface area contributed by atoms with Crippen LogP contribution in [-0.2, 0) is 0 Å². The van der Waals surface area contributed by atoms with Crippen molar-refractivity contribution in [2.24, 2.45) is 0 Å². The van der Waals surface area contributed by atoms with Crippen molar-refractivity contribution < 1.29 is 0 Å². The summed E-state index contributed by atoms with van der Waals surface area (Å²) < 4.78 is 1.57. The molecule has 7 heavy (non-hydrogen) atoms. The average Bonchev–Trinajstić information content (AvgIpc) is 1.69. The summed E-state index contributed by atoms with van der Waals surface area (Å²) in [4.78, 5) is 2.38. The summed E-state index contributed by atoms with van der Waals surface area (Å²) in [5.74, 6) is 2.32. The van der Waals surface area contributed by atoms with Crippen LogP contribution in [0.2, 0.25) is 20.6 Å². The molecule has 0 amide bonds. The molecule has 0 atom stereocenters. The molecule has 0 aliphatic rings. The first-order valence-electron chi connectivity index (χ1n) is 2.39. The fourth-order valence-corrected chi connectivity index (χ4v) is 3.77. The summed E-state index contributed by atoms with van der Waals surface area (Å²) in [5.41, 5.74) is 0. The van der Waals surface area contributed by atoms with Crippen molar-refractivity contribution in [1.82, 2.24) is 0 Å². The van der Waals surface area contributed by atoms with E-state index >= 15 is 0 Å². The summed E-state index contributed by atoms with van der Waals surface area (Å²) in [6, 6.07) is 0. The molecule has 0 heterocycles. The van der Waals surface area contributed by atoms with Gasteiger partial charge in [-0.25, -0.2) is 0 Å². The summed E-state index contributed by atoms with van der Waals surface area (Å²) in [7, 11) is 0. The standard InChI is InChI=1S/C5H12SeTe/c1-6-4-3-5-7-2/h3-5H2,1-2H3. The topological polar surface area (TPSA) is 0 Å². The number of hydrogen-bond acceptors (Lipinski definition) is 0. The number of hydrogen-bond donors (Lipinski definition) is 0. The molecular formula is C5H12SeTe. The first kappa shape index (κ1) is 8.31. The van der Waals surface area contributed by atoms with Crippen LogP contribution >= 0.6 is 0 Å². The summed E-state index contributed by atoms with van der Waals surface area (Å²) in [5, 5.41) is 1.52. The quantitative estimate of drug-likeness (QED) is 0.543. The summed E-state index contributed by atoms with van der Waals surface area (Å²) in [6.45, 7) is 0. The van der Waals surface area contributed by atoms with Crippen LogP contribution in [0, 0.1) is 0 Å². The summed E-state index contributed by atoms with van der Waals surface area (Å²) in [6.07, 6.45) is 1.52. The molecule has 0 aromatic rings. The predicted octanol–water partition coefficient (Wildman–Crippen LogP) is 1.72. The molecule has 0 nitrogen and oxygen atoms in total. The van der Waals surface area contributed by atoms with Gasteiger partial charge in [0, 0.05) is 0 Å². The Labute approximate surface area is 62.7 Å². The molecule has 0 aliphatic heterocycles. The molecule has 44 valence electrons. The normalized spacial score (nSPS) is 9.43. The molecular weight excluding hydrogens is 267 g/mol. The molecule has 0 aromatic heterocycles. The van der Waals surface area contributed by atoms with E-state index in [0.717, 1.165) is 15.0 Å². The monoisotopic (exact) mass is 282 g/mol. The fourth-order valence-electron chi connectivity index (χ4n) is 0.348. The Hall–Kier alpha value is 1.31. The molecule has 0 saturated heterocycles. The van der Waals surface area contributed by atoms with Gasteiger partial charge in [0.1, 0.15) is 0 Å². The molecule has 0 radical (unpaired) electrons. The van der Waals surface area contributed by atoms with Crippen molar-refractivity contribution in [2.45, 2.75) is 27.0 Å². The third kappa shape index (κ3) is 7.31. The van der Waals surface area contributed by atoms with E-state index in [2.05, 4.69) is 10.8 Å². The van der Waals surface area contributed by atoms with Gasteiger partial charge in [-0.3, -0.25) is 0 Å². The van der Waals surface area contributed by atoms with Crippen LogP contribution in [0.1, 0.15) is 6.42 Å².